The van der Waals surface area contributed by atoms with Crippen molar-refractivity contribution < 1.29 is 27.8 Å². The van der Waals surface area contributed by atoms with E-state index in [4.69, 9.17) is 4.74 Å². The van der Waals surface area contributed by atoms with Crippen LogP contribution in [0.15, 0.2) is 59.5 Å². The molecule has 1 atom stereocenters. The van der Waals surface area contributed by atoms with Crippen LogP contribution in [0.2, 0.25) is 0 Å². The lowest BCUT2D eigenvalue weighted by Crippen LogP contribution is -2.57. The van der Waals surface area contributed by atoms with Gasteiger partial charge >= 0.3 is 12.1 Å². The summed E-state index contributed by atoms with van der Waals surface area (Å²) in [5, 5.41) is 2.21. The lowest BCUT2D eigenvalue weighted by molar-refractivity contribution is -0.143. The van der Waals surface area contributed by atoms with Crippen LogP contribution < -0.4 is 5.32 Å². The van der Waals surface area contributed by atoms with E-state index in [1.807, 2.05) is 25.1 Å². The number of amides is 1. The lowest BCUT2D eigenvalue weighted by atomic mass is 9.98. The van der Waals surface area contributed by atoms with Crippen molar-refractivity contribution in [2.24, 2.45) is 0 Å². The van der Waals surface area contributed by atoms with Crippen molar-refractivity contribution in [3.63, 3.8) is 0 Å². The normalized spacial score (nSPS) is 12.9. The van der Waals surface area contributed by atoms with E-state index in [1.54, 1.807) is 36.4 Å². The average molecular weight is 423 g/mol. The van der Waals surface area contributed by atoms with E-state index < -0.39 is 30.4 Å². The van der Waals surface area contributed by atoms with Crippen molar-refractivity contribution in [2.75, 3.05) is 12.9 Å². The second kappa shape index (κ2) is 10.8. The molecule has 0 radical (unpaired) electrons. The van der Waals surface area contributed by atoms with Crippen LogP contribution in [0, 0.1) is 6.92 Å². The number of alkyl carbamates (subject to hydrolysis) is 1. The van der Waals surface area contributed by atoms with Gasteiger partial charge in [0, 0.05) is 10.6 Å². The number of nitrogens with one attached hydrogen (secondary N) is 1. The van der Waals surface area contributed by atoms with Gasteiger partial charge in [-0.25, -0.2) is 13.6 Å². The molecule has 5 nitrogen and oxygen atoms in total. The number of carbonyl (C=O) groups excluding carboxylic acids is 2. The molecule has 0 saturated heterocycles. The third kappa shape index (κ3) is 7.05. The summed E-state index contributed by atoms with van der Waals surface area (Å²) in [6.07, 6.45) is -4.72. The summed E-state index contributed by atoms with van der Waals surface area (Å²) in [7, 11) is 1.11. The number of halogens is 2. The molecule has 0 spiro atoms. The number of esters is 1. The van der Waals surface area contributed by atoms with Crippen LogP contribution in [0.1, 0.15) is 17.5 Å². The standard InChI is InChI=1S/C21H23F2NO4S/c1-15-8-10-17(11-9-15)29-14-21(19(22)23,12-18(25)27-2)24-20(26)28-13-16-6-4-3-5-7-16/h3-11,19H,12-14H2,1-2H3,(H,24,26)/t21-/m1/s1. The van der Waals surface area contributed by atoms with E-state index >= 15 is 0 Å². The zero-order valence-corrected chi connectivity index (χ0v) is 17.0. The monoisotopic (exact) mass is 423 g/mol. The van der Waals surface area contributed by atoms with E-state index in [0.29, 0.717) is 5.56 Å². The number of hydrogen-bond acceptors (Lipinski definition) is 5. The Balaban J connectivity index is 2.11. The number of methoxy groups -OCH3 is 1. The van der Waals surface area contributed by atoms with Crippen LogP contribution in [0.5, 0.6) is 0 Å². The van der Waals surface area contributed by atoms with E-state index in [-0.39, 0.29) is 12.4 Å². The fourth-order valence-electron chi connectivity index (χ4n) is 2.46. The maximum absolute atomic E-state index is 14.1. The molecule has 0 aliphatic rings. The molecule has 2 aromatic carbocycles. The topological polar surface area (TPSA) is 64.6 Å². The number of rotatable bonds is 9. The fraction of sp³-hybridized carbons (Fsp3) is 0.333. The van der Waals surface area contributed by atoms with Crippen molar-refractivity contribution >= 4 is 23.8 Å². The van der Waals surface area contributed by atoms with Crippen LogP contribution in [0.3, 0.4) is 0 Å². The maximum Gasteiger partial charge on any atom is 0.408 e. The van der Waals surface area contributed by atoms with Crippen molar-refractivity contribution in [3.8, 4) is 0 Å². The quantitative estimate of drug-likeness (QED) is 0.472. The minimum atomic E-state index is -3.01. The molecule has 0 aliphatic carbocycles. The van der Waals surface area contributed by atoms with Crippen LogP contribution in [-0.4, -0.2) is 36.9 Å². The third-order valence-corrected chi connectivity index (χ3v) is 5.45. The Bertz CT molecular complexity index is 802. The number of aryl methyl sites for hydroxylation is 1. The van der Waals surface area contributed by atoms with E-state index in [1.165, 1.54) is 0 Å². The molecule has 2 rings (SSSR count). The summed E-state index contributed by atoms with van der Waals surface area (Å²) in [4.78, 5) is 24.8. The summed E-state index contributed by atoms with van der Waals surface area (Å²) in [5.41, 5.74) is -0.380. The van der Waals surface area contributed by atoms with Crippen LogP contribution in [-0.2, 0) is 20.9 Å². The van der Waals surface area contributed by atoms with Gasteiger partial charge in [-0.05, 0) is 24.6 Å². The number of carbonyl (C=O) groups is 2. The van der Waals surface area contributed by atoms with E-state index in [2.05, 4.69) is 10.1 Å². The highest BCUT2D eigenvalue weighted by Crippen LogP contribution is 2.30. The summed E-state index contributed by atoms with van der Waals surface area (Å²) in [6, 6.07) is 16.1. The predicted octanol–water partition coefficient (Wildman–Crippen LogP) is 4.58. The summed E-state index contributed by atoms with van der Waals surface area (Å²) >= 11 is 1.12. The molecule has 0 fully saturated rings. The Hall–Kier alpha value is -2.61. The van der Waals surface area contributed by atoms with Gasteiger partial charge in [-0.2, -0.15) is 0 Å². The Morgan fingerprint density at radius 1 is 1.10 bits per heavy atom. The smallest absolute Gasteiger partial charge is 0.408 e. The number of thioether (sulfide) groups is 1. The fourth-order valence-corrected chi connectivity index (χ4v) is 3.52. The first-order chi connectivity index (χ1) is 13.8. The first kappa shape index (κ1) is 22.7. The number of alkyl halides is 2. The Morgan fingerprint density at radius 2 is 1.76 bits per heavy atom. The largest absolute Gasteiger partial charge is 0.469 e. The first-order valence-corrected chi connectivity index (χ1v) is 9.86. The van der Waals surface area contributed by atoms with E-state index in [0.717, 1.165) is 29.3 Å². The SMILES string of the molecule is COC(=O)C[C@](CSc1ccc(C)cc1)(NC(=O)OCc1ccccc1)C(F)F. The number of ether oxygens (including phenoxy) is 2. The van der Waals surface area contributed by atoms with E-state index in [9.17, 15) is 18.4 Å². The van der Waals surface area contributed by atoms with Gasteiger partial charge < -0.3 is 14.8 Å². The molecule has 2 aromatic rings. The van der Waals surface area contributed by atoms with Gasteiger partial charge in [-0.3, -0.25) is 4.79 Å². The van der Waals surface area contributed by atoms with Crippen LogP contribution in [0.4, 0.5) is 13.6 Å². The molecule has 0 bridgehead atoms. The molecular formula is C21H23F2NO4S. The number of hydrogen-bond donors (Lipinski definition) is 1. The van der Waals surface area contributed by atoms with Crippen molar-refractivity contribution in [2.45, 2.75) is 36.8 Å². The molecule has 0 saturated carbocycles. The molecule has 0 aliphatic heterocycles. The first-order valence-electron chi connectivity index (χ1n) is 8.88. The molecular weight excluding hydrogens is 400 g/mol. The predicted molar refractivity (Wildman–Crippen MR) is 107 cm³/mol. The van der Waals surface area contributed by atoms with Crippen molar-refractivity contribution in [1.82, 2.24) is 5.32 Å². The van der Waals surface area contributed by atoms with Crippen LogP contribution in [0.25, 0.3) is 0 Å². The molecule has 0 aromatic heterocycles. The Labute approximate surface area is 172 Å². The second-order valence-corrected chi connectivity index (χ2v) is 7.55. The summed E-state index contributed by atoms with van der Waals surface area (Å²) in [6.45, 7) is 1.84. The molecule has 29 heavy (non-hydrogen) atoms. The highest BCUT2D eigenvalue weighted by molar-refractivity contribution is 7.99. The van der Waals surface area contributed by atoms with Gasteiger partial charge in [0.1, 0.15) is 12.1 Å². The van der Waals surface area contributed by atoms with Crippen LogP contribution >= 0.6 is 11.8 Å². The van der Waals surface area contributed by atoms with Gasteiger partial charge in [0.2, 0.25) is 0 Å². The summed E-state index contributed by atoms with van der Waals surface area (Å²) in [5.74, 6) is -1.08. The Morgan fingerprint density at radius 3 is 2.34 bits per heavy atom. The summed E-state index contributed by atoms with van der Waals surface area (Å²) < 4.78 is 37.7. The third-order valence-electron chi connectivity index (χ3n) is 4.19. The maximum atomic E-state index is 14.1. The molecule has 1 amide bonds. The molecule has 0 unspecified atom stereocenters. The van der Waals surface area contributed by atoms with Gasteiger partial charge in [-0.15, -0.1) is 11.8 Å². The van der Waals surface area contributed by atoms with Gasteiger partial charge in [0.05, 0.1) is 13.5 Å². The zero-order valence-electron chi connectivity index (χ0n) is 16.2. The molecule has 1 N–H and O–H groups in total. The minimum Gasteiger partial charge on any atom is -0.469 e. The second-order valence-electron chi connectivity index (χ2n) is 6.50. The number of benzene rings is 2. The lowest BCUT2D eigenvalue weighted by Gasteiger charge is -2.32. The molecule has 156 valence electrons. The minimum absolute atomic E-state index is 0.0741. The highest BCUT2D eigenvalue weighted by atomic mass is 32.2. The van der Waals surface area contributed by atoms with Crippen molar-refractivity contribution in [3.05, 3.63) is 65.7 Å². The average Bonchev–Trinajstić information content (AvgIpc) is 2.72. The molecule has 8 heteroatoms. The molecule has 0 heterocycles. The van der Waals surface area contributed by atoms with Gasteiger partial charge in [0.15, 0.2) is 0 Å². The highest BCUT2D eigenvalue weighted by Gasteiger charge is 2.44. The zero-order chi connectivity index (χ0) is 21.3. The Kier molecular flexibility index (Phi) is 8.45. The van der Waals surface area contributed by atoms with Gasteiger partial charge in [0.25, 0.3) is 6.43 Å². The van der Waals surface area contributed by atoms with Crippen molar-refractivity contribution in [1.29, 1.82) is 0 Å². The van der Waals surface area contributed by atoms with Gasteiger partial charge in [-0.1, -0.05) is 48.0 Å².